The number of anilines is 2. The van der Waals surface area contributed by atoms with E-state index in [1.807, 2.05) is 43.3 Å². The minimum atomic E-state index is -0.110. The Labute approximate surface area is 143 Å². The number of aromatic nitrogens is 1. The Morgan fingerprint density at radius 2 is 1.79 bits per heavy atom. The van der Waals surface area contributed by atoms with E-state index in [2.05, 4.69) is 27.0 Å². The van der Waals surface area contributed by atoms with Crippen LogP contribution in [0.4, 0.5) is 11.5 Å². The van der Waals surface area contributed by atoms with Gasteiger partial charge in [0.2, 0.25) is 0 Å². The number of rotatable bonds is 4. The number of aryl methyl sites for hydroxylation is 1. The standard InChI is InChI=1S/C19H24N4O/c1-3-22-10-12-23(13-11-22)18-9-8-17(14-20-18)21-19(24)16-6-4-15(2)5-7-16/h4-9,14H,3,10-13H2,1-2H3,(H,21,24). The number of nitrogens with zero attached hydrogens (tertiary/aromatic N) is 3. The minimum Gasteiger partial charge on any atom is -0.354 e. The molecule has 2 heterocycles. The van der Waals surface area contributed by atoms with E-state index in [9.17, 15) is 4.79 Å². The number of nitrogens with one attached hydrogen (secondary N) is 1. The van der Waals surface area contributed by atoms with Gasteiger partial charge in [0.05, 0.1) is 11.9 Å². The summed E-state index contributed by atoms with van der Waals surface area (Å²) in [5.74, 6) is 0.861. The number of piperazine rings is 1. The third kappa shape index (κ3) is 3.92. The highest BCUT2D eigenvalue weighted by molar-refractivity contribution is 6.04. The zero-order valence-corrected chi connectivity index (χ0v) is 14.3. The number of amides is 1. The second-order valence-electron chi connectivity index (χ2n) is 6.15. The van der Waals surface area contributed by atoms with Crippen LogP contribution in [0.5, 0.6) is 0 Å². The molecule has 0 aliphatic carbocycles. The van der Waals surface area contributed by atoms with Gasteiger partial charge in [-0.2, -0.15) is 0 Å². The van der Waals surface area contributed by atoms with E-state index in [4.69, 9.17) is 0 Å². The van der Waals surface area contributed by atoms with Gasteiger partial charge in [0.25, 0.3) is 5.91 Å². The molecule has 1 aromatic heterocycles. The van der Waals surface area contributed by atoms with Crippen molar-refractivity contribution in [3.63, 3.8) is 0 Å². The average Bonchev–Trinajstić information content (AvgIpc) is 2.63. The third-order valence-corrected chi connectivity index (χ3v) is 4.46. The number of carbonyl (C=O) groups excluding carboxylic acids is 1. The predicted octanol–water partition coefficient (Wildman–Crippen LogP) is 2.78. The van der Waals surface area contributed by atoms with Crippen LogP contribution in [0.1, 0.15) is 22.8 Å². The van der Waals surface area contributed by atoms with Crippen molar-refractivity contribution in [2.24, 2.45) is 0 Å². The van der Waals surface area contributed by atoms with E-state index in [-0.39, 0.29) is 5.91 Å². The second-order valence-corrected chi connectivity index (χ2v) is 6.15. The molecular formula is C19H24N4O. The van der Waals surface area contributed by atoms with E-state index in [1.54, 1.807) is 6.20 Å². The first-order valence-electron chi connectivity index (χ1n) is 8.47. The molecule has 3 rings (SSSR count). The van der Waals surface area contributed by atoms with Crippen LogP contribution in [0.25, 0.3) is 0 Å². The lowest BCUT2D eigenvalue weighted by atomic mass is 10.1. The Hall–Kier alpha value is -2.40. The van der Waals surface area contributed by atoms with Crippen LogP contribution in [-0.2, 0) is 0 Å². The van der Waals surface area contributed by atoms with Gasteiger partial charge in [-0.05, 0) is 37.7 Å². The SMILES string of the molecule is CCN1CCN(c2ccc(NC(=O)c3ccc(C)cc3)cn2)CC1. The van der Waals surface area contributed by atoms with Gasteiger partial charge in [-0.1, -0.05) is 24.6 Å². The normalized spacial score (nSPS) is 15.3. The molecule has 1 fully saturated rings. The number of carbonyl (C=O) groups is 1. The number of likely N-dealkylation sites (N-methyl/N-ethyl adjacent to an activating group) is 1. The highest BCUT2D eigenvalue weighted by Crippen LogP contribution is 2.17. The van der Waals surface area contributed by atoms with E-state index in [0.717, 1.165) is 49.8 Å². The van der Waals surface area contributed by atoms with Crippen molar-refractivity contribution >= 4 is 17.4 Å². The lowest BCUT2D eigenvalue weighted by Crippen LogP contribution is -2.46. The molecule has 5 heteroatoms. The first-order valence-corrected chi connectivity index (χ1v) is 8.47. The predicted molar refractivity (Wildman–Crippen MR) is 97.7 cm³/mol. The number of hydrogen-bond donors (Lipinski definition) is 1. The van der Waals surface area contributed by atoms with Crippen LogP contribution < -0.4 is 10.2 Å². The molecule has 1 aromatic carbocycles. The molecule has 0 radical (unpaired) electrons. The molecular weight excluding hydrogens is 300 g/mol. The maximum absolute atomic E-state index is 12.2. The summed E-state index contributed by atoms with van der Waals surface area (Å²) in [5.41, 5.74) is 2.51. The fourth-order valence-corrected chi connectivity index (χ4v) is 2.85. The smallest absolute Gasteiger partial charge is 0.255 e. The zero-order chi connectivity index (χ0) is 16.9. The van der Waals surface area contributed by atoms with Crippen molar-refractivity contribution in [1.82, 2.24) is 9.88 Å². The van der Waals surface area contributed by atoms with Gasteiger partial charge in [-0.3, -0.25) is 4.79 Å². The van der Waals surface area contributed by atoms with Crippen LogP contribution in [0.3, 0.4) is 0 Å². The van der Waals surface area contributed by atoms with Crippen LogP contribution >= 0.6 is 0 Å². The highest BCUT2D eigenvalue weighted by atomic mass is 16.1. The molecule has 0 bridgehead atoms. The van der Waals surface area contributed by atoms with E-state index >= 15 is 0 Å². The van der Waals surface area contributed by atoms with Crippen LogP contribution in [0.15, 0.2) is 42.6 Å². The van der Waals surface area contributed by atoms with E-state index < -0.39 is 0 Å². The number of pyridine rings is 1. The summed E-state index contributed by atoms with van der Waals surface area (Å²) in [7, 11) is 0. The van der Waals surface area contributed by atoms with Gasteiger partial charge >= 0.3 is 0 Å². The van der Waals surface area contributed by atoms with Gasteiger partial charge in [-0.15, -0.1) is 0 Å². The Morgan fingerprint density at radius 1 is 1.08 bits per heavy atom. The third-order valence-electron chi connectivity index (χ3n) is 4.46. The van der Waals surface area contributed by atoms with Crippen molar-refractivity contribution in [2.75, 3.05) is 42.9 Å². The van der Waals surface area contributed by atoms with Gasteiger partial charge in [0, 0.05) is 31.7 Å². The number of benzene rings is 1. The summed E-state index contributed by atoms with van der Waals surface area (Å²) in [6.45, 7) is 9.44. The summed E-state index contributed by atoms with van der Waals surface area (Å²) in [6.07, 6.45) is 1.73. The fraction of sp³-hybridized carbons (Fsp3) is 0.368. The monoisotopic (exact) mass is 324 g/mol. The van der Waals surface area contributed by atoms with Gasteiger partial charge < -0.3 is 15.1 Å². The molecule has 0 saturated carbocycles. The molecule has 1 aliphatic rings. The molecule has 1 aliphatic heterocycles. The molecule has 5 nitrogen and oxygen atoms in total. The summed E-state index contributed by atoms with van der Waals surface area (Å²) in [4.78, 5) is 21.5. The molecule has 0 spiro atoms. The van der Waals surface area contributed by atoms with E-state index in [0.29, 0.717) is 5.56 Å². The lowest BCUT2D eigenvalue weighted by molar-refractivity contribution is 0.102. The van der Waals surface area contributed by atoms with Crippen molar-refractivity contribution in [1.29, 1.82) is 0 Å². The van der Waals surface area contributed by atoms with Gasteiger partial charge in [0.1, 0.15) is 5.82 Å². The Bertz CT molecular complexity index is 674. The van der Waals surface area contributed by atoms with Gasteiger partial charge in [-0.25, -0.2) is 4.98 Å². The Kier molecular flexibility index (Phi) is 5.11. The van der Waals surface area contributed by atoms with Crippen LogP contribution in [0, 0.1) is 6.92 Å². The first-order chi connectivity index (χ1) is 11.7. The molecule has 2 aromatic rings. The summed E-state index contributed by atoms with van der Waals surface area (Å²) >= 11 is 0. The summed E-state index contributed by atoms with van der Waals surface area (Å²) in [6, 6.07) is 11.4. The summed E-state index contributed by atoms with van der Waals surface area (Å²) < 4.78 is 0. The first kappa shape index (κ1) is 16.5. The maximum atomic E-state index is 12.2. The largest absolute Gasteiger partial charge is 0.354 e. The molecule has 0 atom stereocenters. The quantitative estimate of drug-likeness (QED) is 0.939. The van der Waals surface area contributed by atoms with Crippen molar-refractivity contribution in [3.8, 4) is 0 Å². The highest BCUT2D eigenvalue weighted by Gasteiger charge is 2.16. The molecule has 24 heavy (non-hydrogen) atoms. The van der Waals surface area contributed by atoms with Crippen LogP contribution in [0.2, 0.25) is 0 Å². The molecule has 126 valence electrons. The van der Waals surface area contributed by atoms with Crippen molar-refractivity contribution in [3.05, 3.63) is 53.7 Å². The van der Waals surface area contributed by atoms with Crippen LogP contribution in [-0.4, -0.2) is 48.5 Å². The van der Waals surface area contributed by atoms with Crippen molar-refractivity contribution < 1.29 is 4.79 Å². The van der Waals surface area contributed by atoms with E-state index in [1.165, 1.54) is 0 Å². The zero-order valence-electron chi connectivity index (χ0n) is 14.3. The molecule has 1 amide bonds. The topological polar surface area (TPSA) is 48.5 Å². The fourth-order valence-electron chi connectivity index (χ4n) is 2.85. The maximum Gasteiger partial charge on any atom is 0.255 e. The molecule has 1 N–H and O–H groups in total. The minimum absolute atomic E-state index is 0.110. The second kappa shape index (κ2) is 7.45. The lowest BCUT2D eigenvalue weighted by Gasteiger charge is -2.34. The Morgan fingerprint density at radius 3 is 2.38 bits per heavy atom. The number of hydrogen-bond acceptors (Lipinski definition) is 4. The Balaban J connectivity index is 1.60. The average molecular weight is 324 g/mol. The molecule has 1 saturated heterocycles. The molecule has 0 unspecified atom stereocenters. The van der Waals surface area contributed by atoms with Gasteiger partial charge in [0.15, 0.2) is 0 Å². The summed E-state index contributed by atoms with van der Waals surface area (Å²) in [5, 5.41) is 2.90. The van der Waals surface area contributed by atoms with Crippen molar-refractivity contribution in [2.45, 2.75) is 13.8 Å².